The number of morpholine rings is 1. The van der Waals surface area contributed by atoms with Crippen molar-refractivity contribution >= 4 is 45.0 Å². The topological polar surface area (TPSA) is 72.7 Å². The molecule has 1 amide bonds. The Kier molecular flexibility index (Phi) is 8.47. The molecule has 0 atom stereocenters. The van der Waals surface area contributed by atoms with Gasteiger partial charge in [0.05, 0.1) is 25.0 Å². The first-order valence-electron chi connectivity index (χ1n) is 10.7. The molecule has 0 spiro atoms. The second kappa shape index (κ2) is 11.1. The van der Waals surface area contributed by atoms with Crippen molar-refractivity contribution in [3.8, 4) is 5.75 Å². The average molecular weight is 480 g/mol. The molecule has 1 aliphatic heterocycles. The summed E-state index contributed by atoms with van der Waals surface area (Å²) in [4.78, 5) is 22.4. The predicted molar refractivity (Wildman–Crippen MR) is 130 cm³/mol. The summed E-state index contributed by atoms with van der Waals surface area (Å²) in [7, 11) is 1.64. The summed E-state index contributed by atoms with van der Waals surface area (Å²) in [6.45, 7) is 9.70. The van der Waals surface area contributed by atoms with Crippen LogP contribution in [0.25, 0.3) is 10.2 Å². The van der Waals surface area contributed by atoms with Crippen LogP contribution in [0.4, 0.5) is 5.13 Å². The molecule has 1 aromatic carbocycles. The Bertz CT molecular complexity index is 1050. The monoisotopic (exact) mass is 479 g/mol. The lowest BCUT2D eigenvalue weighted by molar-refractivity contribution is 0.0376. The zero-order chi connectivity index (χ0) is 21.8. The van der Waals surface area contributed by atoms with E-state index in [4.69, 9.17) is 14.5 Å². The van der Waals surface area contributed by atoms with Gasteiger partial charge in [-0.05, 0) is 38.0 Å². The first-order chi connectivity index (χ1) is 15.1. The molecular formula is C22H30ClN5O3S. The van der Waals surface area contributed by atoms with E-state index in [1.54, 1.807) is 22.8 Å². The van der Waals surface area contributed by atoms with Crippen molar-refractivity contribution in [2.45, 2.75) is 26.8 Å². The summed E-state index contributed by atoms with van der Waals surface area (Å²) in [5.41, 5.74) is 2.36. The highest BCUT2D eigenvalue weighted by Gasteiger charge is 2.24. The molecule has 3 aromatic rings. The SMILES string of the molecule is CCn1ccc(C(=O)N(CCCN2CCOCC2)c2nc3c(OC)ccc(C)c3s2)n1.Cl. The van der Waals surface area contributed by atoms with E-state index in [1.807, 2.05) is 25.3 Å². The van der Waals surface area contributed by atoms with Crippen LogP contribution < -0.4 is 9.64 Å². The van der Waals surface area contributed by atoms with Gasteiger partial charge in [-0.25, -0.2) is 4.98 Å². The number of hydrogen-bond acceptors (Lipinski definition) is 7. The van der Waals surface area contributed by atoms with Gasteiger partial charge in [0.2, 0.25) is 0 Å². The molecule has 0 bridgehead atoms. The number of methoxy groups -OCH3 is 1. The third-order valence-corrected chi connectivity index (χ3v) is 6.75. The number of rotatable bonds is 8. The summed E-state index contributed by atoms with van der Waals surface area (Å²) in [6.07, 6.45) is 2.69. The van der Waals surface area contributed by atoms with E-state index in [1.165, 1.54) is 11.3 Å². The molecule has 0 unspecified atom stereocenters. The van der Waals surface area contributed by atoms with E-state index < -0.39 is 0 Å². The molecule has 3 heterocycles. The predicted octanol–water partition coefficient (Wildman–Crippen LogP) is 3.62. The van der Waals surface area contributed by atoms with Crippen molar-refractivity contribution in [2.24, 2.45) is 0 Å². The highest BCUT2D eigenvalue weighted by molar-refractivity contribution is 7.22. The maximum Gasteiger partial charge on any atom is 0.280 e. The van der Waals surface area contributed by atoms with Crippen LogP contribution in [-0.2, 0) is 11.3 Å². The molecule has 1 saturated heterocycles. The second-order valence-corrected chi connectivity index (χ2v) is 8.56. The number of carbonyl (C=O) groups is 1. The van der Waals surface area contributed by atoms with Gasteiger partial charge in [0.15, 0.2) is 10.8 Å². The molecule has 4 rings (SSSR count). The molecule has 0 N–H and O–H groups in total. The van der Waals surface area contributed by atoms with Gasteiger partial charge in [0, 0.05) is 38.9 Å². The minimum Gasteiger partial charge on any atom is -0.494 e. The van der Waals surface area contributed by atoms with Gasteiger partial charge in [-0.1, -0.05) is 17.4 Å². The normalized spacial score (nSPS) is 14.3. The second-order valence-electron chi connectivity index (χ2n) is 7.58. The summed E-state index contributed by atoms with van der Waals surface area (Å²) in [5.74, 6) is 0.601. The lowest BCUT2D eigenvalue weighted by Gasteiger charge is -2.27. The van der Waals surface area contributed by atoms with E-state index in [9.17, 15) is 4.79 Å². The van der Waals surface area contributed by atoms with Gasteiger partial charge in [0.1, 0.15) is 11.3 Å². The fourth-order valence-electron chi connectivity index (χ4n) is 3.73. The maximum atomic E-state index is 13.4. The Balaban J connectivity index is 0.00000289. The third kappa shape index (κ3) is 5.23. The van der Waals surface area contributed by atoms with E-state index in [0.29, 0.717) is 17.4 Å². The lowest BCUT2D eigenvalue weighted by atomic mass is 10.2. The van der Waals surface area contributed by atoms with E-state index in [-0.39, 0.29) is 18.3 Å². The van der Waals surface area contributed by atoms with Gasteiger partial charge >= 0.3 is 0 Å². The molecule has 0 saturated carbocycles. The number of aromatic nitrogens is 3. The zero-order valence-electron chi connectivity index (χ0n) is 18.7. The average Bonchev–Trinajstić information content (AvgIpc) is 3.45. The third-order valence-electron chi connectivity index (χ3n) is 5.53. The quantitative estimate of drug-likeness (QED) is 0.491. The fraction of sp³-hybridized carbons (Fsp3) is 0.500. The van der Waals surface area contributed by atoms with Crippen molar-refractivity contribution in [3.63, 3.8) is 0 Å². The summed E-state index contributed by atoms with van der Waals surface area (Å²) in [5, 5.41) is 5.11. The number of fused-ring (bicyclic) bond motifs is 1. The number of nitrogens with zero attached hydrogens (tertiary/aromatic N) is 5. The Hall–Kier alpha value is -2.20. The van der Waals surface area contributed by atoms with Gasteiger partial charge in [0.25, 0.3) is 5.91 Å². The highest BCUT2D eigenvalue weighted by atomic mass is 35.5. The molecule has 8 nitrogen and oxygen atoms in total. The highest BCUT2D eigenvalue weighted by Crippen LogP contribution is 2.36. The lowest BCUT2D eigenvalue weighted by Crippen LogP contribution is -2.39. The smallest absolute Gasteiger partial charge is 0.280 e. The Labute approximate surface area is 198 Å². The van der Waals surface area contributed by atoms with Crippen LogP contribution in [-0.4, -0.2) is 72.1 Å². The van der Waals surface area contributed by atoms with E-state index >= 15 is 0 Å². The number of hydrogen-bond donors (Lipinski definition) is 0. The number of aryl methyl sites for hydroxylation is 2. The molecule has 174 valence electrons. The van der Waals surface area contributed by atoms with E-state index in [2.05, 4.69) is 16.9 Å². The van der Waals surface area contributed by atoms with Crippen molar-refractivity contribution in [3.05, 3.63) is 35.7 Å². The standard InChI is InChI=1S/C22H29N5O3S.ClH/c1-4-26-11-8-17(24-26)21(28)27(10-5-9-25-12-14-30-15-13-25)22-23-19-18(29-3)7-6-16(2)20(19)31-22;/h6-8,11H,4-5,9-10,12-15H2,1-3H3;1H. The van der Waals surface area contributed by atoms with Gasteiger partial charge in [-0.3, -0.25) is 19.3 Å². The largest absolute Gasteiger partial charge is 0.494 e. The number of thiazole rings is 1. The number of amides is 1. The number of benzene rings is 1. The molecule has 2 aromatic heterocycles. The Morgan fingerprint density at radius 3 is 2.75 bits per heavy atom. The van der Waals surface area contributed by atoms with Crippen LogP contribution in [0, 0.1) is 6.92 Å². The first kappa shape index (κ1) is 24.4. The van der Waals surface area contributed by atoms with Crippen LogP contribution in [0.1, 0.15) is 29.4 Å². The van der Waals surface area contributed by atoms with Crippen molar-refractivity contribution in [1.82, 2.24) is 19.7 Å². The van der Waals surface area contributed by atoms with Crippen molar-refractivity contribution in [2.75, 3.05) is 51.4 Å². The minimum atomic E-state index is -0.121. The van der Waals surface area contributed by atoms with E-state index in [0.717, 1.165) is 67.3 Å². The zero-order valence-corrected chi connectivity index (χ0v) is 20.4. The summed E-state index contributed by atoms with van der Waals surface area (Å²) in [6, 6.07) is 5.73. The Morgan fingerprint density at radius 2 is 2.06 bits per heavy atom. The van der Waals surface area contributed by atoms with Crippen LogP contribution in [0.15, 0.2) is 24.4 Å². The van der Waals surface area contributed by atoms with Crippen LogP contribution in [0.5, 0.6) is 5.75 Å². The van der Waals surface area contributed by atoms with Gasteiger partial charge in [-0.2, -0.15) is 5.10 Å². The maximum absolute atomic E-state index is 13.4. The van der Waals surface area contributed by atoms with Crippen molar-refractivity contribution < 1.29 is 14.3 Å². The van der Waals surface area contributed by atoms with Crippen molar-refractivity contribution in [1.29, 1.82) is 0 Å². The molecule has 0 radical (unpaired) electrons. The molecule has 1 fully saturated rings. The van der Waals surface area contributed by atoms with Crippen LogP contribution >= 0.6 is 23.7 Å². The minimum absolute atomic E-state index is 0. The Morgan fingerprint density at radius 1 is 1.28 bits per heavy atom. The number of halogens is 1. The molecule has 1 aliphatic rings. The molecule has 32 heavy (non-hydrogen) atoms. The van der Waals surface area contributed by atoms with Crippen LogP contribution in [0.3, 0.4) is 0 Å². The summed E-state index contributed by atoms with van der Waals surface area (Å²) < 4.78 is 13.8. The molecule has 10 heteroatoms. The number of ether oxygens (including phenoxy) is 2. The van der Waals surface area contributed by atoms with Gasteiger partial charge in [-0.15, -0.1) is 12.4 Å². The fourth-order valence-corrected chi connectivity index (χ4v) is 4.81. The van der Waals surface area contributed by atoms with Crippen LogP contribution in [0.2, 0.25) is 0 Å². The molecule has 0 aliphatic carbocycles. The first-order valence-corrected chi connectivity index (χ1v) is 11.5. The molecular weight excluding hydrogens is 450 g/mol. The number of carbonyl (C=O) groups excluding carboxylic acids is 1. The number of anilines is 1. The summed E-state index contributed by atoms with van der Waals surface area (Å²) >= 11 is 1.53. The van der Waals surface area contributed by atoms with Gasteiger partial charge < -0.3 is 9.47 Å².